The smallest absolute Gasteiger partial charge is 0.236 e. The maximum absolute atomic E-state index is 12.4. The van der Waals surface area contributed by atoms with Crippen molar-refractivity contribution in [2.75, 3.05) is 146 Å². The Kier molecular flexibility index (Phi) is 21.6. The molecule has 9 heterocycles. The molecule has 5 saturated heterocycles. The molecule has 0 saturated carbocycles. The summed E-state index contributed by atoms with van der Waals surface area (Å²) < 4.78 is 34.1. The normalized spacial score (nSPS) is 16.2. The molecule has 0 spiro atoms. The van der Waals surface area contributed by atoms with Crippen LogP contribution in [0.4, 0.5) is 22.7 Å². The van der Waals surface area contributed by atoms with Crippen LogP contribution in [0.15, 0.2) is 194 Å². The summed E-state index contributed by atoms with van der Waals surface area (Å²) in [5.41, 5.74) is 27.2. The lowest BCUT2D eigenvalue weighted by molar-refractivity contribution is -0.131. The molecule has 107 heavy (non-hydrogen) atoms. The van der Waals surface area contributed by atoms with E-state index in [1.54, 1.807) is 12.3 Å². The van der Waals surface area contributed by atoms with E-state index in [4.69, 9.17) is 34.2 Å². The molecule has 12 aromatic rings. The summed E-state index contributed by atoms with van der Waals surface area (Å²) in [5, 5.41) is 32.4. The number of aromatic amines is 3. The number of likely N-dealkylation sites (tertiary alicyclic amines) is 1. The number of likely N-dealkylation sites (N-methyl/N-ethyl adjacent to an activating group) is 1. The van der Waals surface area contributed by atoms with Gasteiger partial charge in [0.05, 0.1) is 77.1 Å². The Balaban J connectivity index is 0.000000130. The van der Waals surface area contributed by atoms with Gasteiger partial charge in [-0.25, -0.2) is 4.98 Å². The molecule has 5 aliphatic heterocycles. The number of hydrogen-bond acceptors (Lipinski definition) is 16. The Bertz CT molecular complexity index is 5260. The first-order valence-corrected chi connectivity index (χ1v) is 36.7. The standard InChI is InChI=1S/C33H35N5O3.C29H28N4O3.C25H22N4O/c1-36(2)22-33(39)38-13-12-27(21-38)41-32-11-8-24(18-25(32)20-34)28-4-3-5-30-29(28)19-31(35-30)23-6-9-26(10-7-23)37-14-16-40-17-15-37;30-18-21-16-22(19-31-29(21)36-24-8-12-34-13-9-24)25-2-1-3-27-26(25)17-28(32-27)20-4-6-23(7-5-20)33-10-14-35-15-11-33;26-16-19-14-18(6-9-23(19)27)21-2-1-3-24-22(21)15-25(28-24)17-4-7-20(8-5-17)29-10-12-30-13-11-29/h3-11,18-19,27,35H,12-17,21-22H2,1-2H3;1-7,16-17,19,24,32H,8-15H2;1-9,14-15,28H,10-13,27H2/t27-;;/m1../s1. The summed E-state index contributed by atoms with van der Waals surface area (Å²) in [5.74, 6) is 1.06. The van der Waals surface area contributed by atoms with Gasteiger partial charge in [-0.3, -0.25) is 4.79 Å². The highest BCUT2D eigenvalue weighted by Crippen LogP contribution is 2.39. The lowest BCUT2D eigenvalue weighted by atomic mass is 9.99. The molecule has 540 valence electrons. The minimum Gasteiger partial charge on any atom is -0.487 e. The van der Waals surface area contributed by atoms with Crippen LogP contribution in [-0.4, -0.2) is 174 Å². The average Bonchev–Trinajstić information content (AvgIpc) is 1.67. The summed E-state index contributed by atoms with van der Waals surface area (Å²) in [6, 6.07) is 71.1. The number of benzene rings is 8. The van der Waals surface area contributed by atoms with Crippen LogP contribution in [0.5, 0.6) is 11.6 Å². The second-order valence-electron chi connectivity index (χ2n) is 27.7. The number of morpholine rings is 3. The van der Waals surface area contributed by atoms with E-state index in [-0.39, 0.29) is 18.1 Å². The molecule has 20 heteroatoms. The predicted molar refractivity (Wildman–Crippen MR) is 422 cm³/mol. The van der Waals surface area contributed by atoms with Crippen molar-refractivity contribution in [3.05, 3.63) is 211 Å². The van der Waals surface area contributed by atoms with Gasteiger partial charge in [0.2, 0.25) is 11.8 Å². The summed E-state index contributed by atoms with van der Waals surface area (Å²) in [6.07, 6.45) is 4.10. The minimum absolute atomic E-state index is 0.0366. The van der Waals surface area contributed by atoms with Gasteiger partial charge in [-0.05, 0) is 162 Å². The van der Waals surface area contributed by atoms with Crippen LogP contribution in [0.2, 0.25) is 0 Å². The number of amides is 1. The molecule has 8 aromatic carbocycles. The monoisotopic (exact) mass is 1420 g/mol. The van der Waals surface area contributed by atoms with E-state index in [1.165, 1.54) is 17.1 Å². The van der Waals surface area contributed by atoms with Crippen LogP contribution in [-0.2, 0) is 23.7 Å². The molecule has 0 bridgehead atoms. The van der Waals surface area contributed by atoms with Crippen molar-refractivity contribution < 1.29 is 33.2 Å². The lowest BCUT2D eigenvalue weighted by Crippen LogP contribution is -2.37. The zero-order chi connectivity index (χ0) is 73.2. The molecule has 5 aliphatic rings. The van der Waals surface area contributed by atoms with Crippen molar-refractivity contribution in [1.29, 1.82) is 15.8 Å². The van der Waals surface area contributed by atoms with Crippen LogP contribution >= 0.6 is 0 Å². The number of carbonyl (C=O) groups is 1. The van der Waals surface area contributed by atoms with Crippen LogP contribution in [0.25, 0.3) is 99.9 Å². The number of fused-ring (bicyclic) bond motifs is 3. The number of nitrogen functional groups attached to an aromatic ring is 1. The van der Waals surface area contributed by atoms with Gasteiger partial charge in [-0.2, -0.15) is 15.8 Å². The molecular formula is C87H85N13O7. The molecule has 4 aromatic heterocycles. The van der Waals surface area contributed by atoms with Crippen LogP contribution < -0.4 is 29.9 Å². The number of H-pyrrole nitrogens is 3. The Morgan fingerprint density at radius 3 is 1.33 bits per heavy atom. The van der Waals surface area contributed by atoms with Gasteiger partial charge in [0, 0.05) is 149 Å². The molecule has 20 nitrogen and oxygen atoms in total. The molecule has 5 N–H and O–H groups in total. The van der Waals surface area contributed by atoms with Gasteiger partial charge >= 0.3 is 0 Å². The molecule has 0 unspecified atom stereocenters. The largest absolute Gasteiger partial charge is 0.487 e. The number of nitrogens with one attached hydrogen (secondary N) is 3. The van der Waals surface area contributed by atoms with Crippen molar-refractivity contribution in [2.24, 2.45) is 0 Å². The molecule has 0 aliphatic carbocycles. The van der Waals surface area contributed by atoms with Crippen molar-refractivity contribution in [3.63, 3.8) is 0 Å². The van der Waals surface area contributed by atoms with Gasteiger partial charge in [0.15, 0.2) is 0 Å². The number of nitrogens with zero attached hydrogens (tertiary/aromatic N) is 9. The molecule has 5 fully saturated rings. The fourth-order valence-corrected chi connectivity index (χ4v) is 14.7. The number of nitrogens with two attached hydrogens (primary N) is 1. The van der Waals surface area contributed by atoms with Crippen LogP contribution in [0.3, 0.4) is 0 Å². The highest BCUT2D eigenvalue weighted by atomic mass is 16.5. The average molecular weight is 1420 g/mol. The zero-order valence-electron chi connectivity index (χ0n) is 60.2. The first kappa shape index (κ1) is 70.7. The fraction of sp³-hybridized carbons (Fsp3) is 0.276. The van der Waals surface area contributed by atoms with Crippen molar-refractivity contribution in [3.8, 4) is 97.0 Å². The third-order valence-corrected chi connectivity index (χ3v) is 20.5. The predicted octanol–water partition coefficient (Wildman–Crippen LogP) is 14.7. The molecule has 1 atom stereocenters. The molecule has 17 rings (SSSR count). The highest BCUT2D eigenvalue weighted by molar-refractivity contribution is 6.01. The van der Waals surface area contributed by atoms with E-state index in [9.17, 15) is 20.6 Å². The zero-order valence-corrected chi connectivity index (χ0v) is 60.2. The van der Waals surface area contributed by atoms with E-state index >= 15 is 0 Å². The Labute approximate surface area is 622 Å². The SMILES string of the molecule is CN(C)CC(=O)N1CC[C@@H](Oc2ccc(-c3cccc4[nH]c(-c5ccc(N6CCOCC6)cc5)cc34)cc2C#N)C1.N#Cc1cc(-c2cccc3[nH]c(-c4ccc(N5CCOCC5)cc4)cc23)ccc1N.N#Cc1cc(-c2cccc3[nH]c(-c4ccc(N5CCOCC5)cc4)cc23)cnc1OC1CCOCC1. The first-order valence-electron chi connectivity index (χ1n) is 36.7. The maximum atomic E-state index is 12.4. The fourth-order valence-electron chi connectivity index (χ4n) is 14.7. The van der Waals surface area contributed by atoms with Gasteiger partial charge < -0.3 is 73.6 Å². The lowest BCUT2D eigenvalue weighted by Gasteiger charge is -2.28. The van der Waals surface area contributed by atoms with Gasteiger partial charge in [0.1, 0.15) is 41.7 Å². The Morgan fingerprint density at radius 1 is 0.467 bits per heavy atom. The number of nitriles is 3. The van der Waals surface area contributed by atoms with Gasteiger partial charge in [-0.1, -0.05) is 84.9 Å². The number of pyridine rings is 1. The summed E-state index contributed by atoms with van der Waals surface area (Å²) in [7, 11) is 3.78. The topological polar surface area (TPSA) is 246 Å². The molecular weight excluding hydrogens is 1340 g/mol. The number of ether oxygens (including phenoxy) is 6. The third kappa shape index (κ3) is 16.2. The summed E-state index contributed by atoms with van der Waals surface area (Å²) in [6.45, 7) is 13.2. The van der Waals surface area contributed by atoms with Gasteiger partial charge in [-0.15, -0.1) is 0 Å². The van der Waals surface area contributed by atoms with Crippen LogP contribution in [0, 0.1) is 34.0 Å². The molecule has 1 amide bonds. The van der Waals surface area contributed by atoms with Gasteiger partial charge in [0.25, 0.3) is 0 Å². The Morgan fingerprint density at radius 2 is 0.879 bits per heavy atom. The van der Waals surface area contributed by atoms with E-state index in [2.05, 4.69) is 180 Å². The third-order valence-electron chi connectivity index (χ3n) is 20.5. The number of hydrogen-bond donors (Lipinski definition) is 4. The quantitative estimate of drug-likeness (QED) is 0.0697. The molecule has 0 radical (unpaired) electrons. The number of rotatable bonds is 15. The van der Waals surface area contributed by atoms with E-state index in [1.807, 2.05) is 78.5 Å². The van der Waals surface area contributed by atoms with Crippen molar-refractivity contribution in [2.45, 2.75) is 31.5 Å². The first-order chi connectivity index (χ1) is 52.5. The minimum atomic E-state index is -0.121. The number of aromatic nitrogens is 4. The Hall–Kier alpha value is -11.9. The number of carbonyl (C=O) groups excluding carboxylic acids is 1. The van der Waals surface area contributed by atoms with E-state index in [0.29, 0.717) is 66.9 Å². The van der Waals surface area contributed by atoms with Crippen molar-refractivity contribution in [1.82, 2.24) is 29.7 Å². The van der Waals surface area contributed by atoms with Crippen molar-refractivity contribution >= 4 is 61.4 Å². The van der Waals surface area contributed by atoms with E-state index in [0.717, 1.165) is 198 Å². The second kappa shape index (κ2) is 32.6. The summed E-state index contributed by atoms with van der Waals surface area (Å²) >= 11 is 0. The summed E-state index contributed by atoms with van der Waals surface area (Å²) in [4.78, 5) is 38.4. The highest BCUT2D eigenvalue weighted by Gasteiger charge is 2.29. The maximum Gasteiger partial charge on any atom is 0.236 e. The van der Waals surface area contributed by atoms with Crippen LogP contribution in [0.1, 0.15) is 36.0 Å². The number of anilines is 4. The second-order valence-corrected chi connectivity index (χ2v) is 27.7. The van der Waals surface area contributed by atoms with E-state index < -0.39 is 0 Å².